The minimum absolute atomic E-state index is 0.287. The van der Waals surface area contributed by atoms with Crippen LogP contribution in [0, 0.1) is 5.82 Å². The Labute approximate surface area is 117 Å². The van der Waals surface area contributed by atoms with E-state index in [1.165, 1.54) is 12.3 Å². The van der Waals surface area contributed by atoms with Crippen LogP contribution in [0.5, 0.6) is 0 Å². The molecule has 2 aromatic rings. The molecule has 0 fully saturated rings. The molecule has 0 saturated heterocycles. The van der Waals surface area contributed by atoms with E-state index in [0.29, 0.717) is 31.0 Å². The summed E-state index contributed by atoms with van der Waals surface area (Å²) in [5.74, 6) is -0.287. The molecule has 0 aliphatic heterocycles. The molecule has 108 valence electrons. The zero-order chi connectivity index (χ0) is 14.5. The molecule has 3 N–H and O–H groups in total. The fraction of sp³-hybridized carbons (Fsp3) is 0.357. The first-order valence-corrected chi connectivity index (χ1v) is 6.55. The molecule has 1 unspecified atom stereocenters. The Hall–Kier alpha value is -2.08. The van der Waals surface area contributed by atoms with Gasteiger partial charge in [0.05, 0.1) is 30.2 Å². The van der Waals surface area contributed by atoms with E-state index in [2.05, 4.69) is 5.10 Å². The predicted molar refractivity (Wildman–Crippen MR) is 76.9 cm³/mol. The number of benzene rings is 1. The normalized spacial score (nSPS) is 12.3. The minimum atomic E-state index is -0.658. The van der Waals surface area contributed by atoms with Gasteiger partial charge < -0.3 is 15.7 Å². The molecule has 6 heteroatoms. The van der Waals surface area contributed by atoms with Gasteiger partial charge in [-0.15, -0.1) is 0 Å². The van der Waals surface area contributed by atoms with Crippen molar-refractivity contribution in [2.45, 2.75) is 19.6 Å². The van der Waals surface area contributed by atoms with Crippen molar-refractivity contribution in [3.05, 3.63) is 42.5 Å². The zero-order valence-corrected chi connectivity index (χ0v) is 11.4. The van der Waals surface area contributed by atoms with Crippen molar-refractivity contribution in [1.29, 1.82) is 0 Å². The summed E-state index contributed by atoms with van der Waals surface area (Å²) in [6.45, 7) is 3.18. The van der Waals surface area contributed by atoms with Crippen LogP contribution in [0.1, 0.15) is 6.92 Å². The third-order valence-corrected chi connectivity index (χ3v) is 3.06. The van der Waals surface area contributed by atoms with Gasteiger partial charge in [0, 0.05) is 19.3 Å². The summed E-state index contributed by atoms with van der Waals surface area (Å²) in [6, 6.07) is 6.55. The Bertz CT molecular complexity index is 558. The Balaban J connectivity index is 2.01. The summed E-state index contributed by atoms with van der Waals surface area (Å²) in [7, 11) is 0. The standard InChI is InChI=1S/C14H19FN4O/c1-2-18(14-6-4-3-5-13(14)15)9-12(20)10-19-8-11(16)7-17-19/h3-8,12,20H,2,9-10,16H2,1H3. The maximum atomic E-state index is 13.7. The van der Waals surface area contributed by atoms with Crippen LogP contribution in [0.3, 0.4) is 0 Å². The van der Waals surface area contributed by atoms with Gasteiger partial charge in [0.2, 0.25) is 0 Å². The van der Waals surface area contributed by atoms with Gasteiger partial charge >= 0.3 is 0 Å². The molecule has 0 radical (unpaired) electrons. The van der Waals surface area contributed by atoms with Gasteiger partial charge in [-0.25, -0.2) is 4.39 Å². The zero-order valence-electron chi connectivity index (χ0n) is 11.4. The number of anilines is 2. The second-order valence-electron chi connectivity index (χ2n) is 4.64. The minimum Gasteiger partial charge on any atom is -0.396 e. The number of para-hydroxylation sites is 1. The fourth-order valence-electron chi connectivity index (χ4n) is 2.11. The smallest absolute Gasteiger partial charge is 0.146 e. The topological polar surface area (TPSA) is 67.3 Å². The summed E-state index contributed by atoms with van der Waals surface area (Å²) in [5.41, 5.74) is 6.62. The van der Waals surface area contributed by atoms with Crippen LogP contribution in [0.25, 0.3) is 0 Å². The lowest BCUT2D eigenvalue weighted by Gasteiger charge is -2.26. The largest absolute Gasteiger partial charge is 0.396 e. The highest BCUT2D eigenvalue weighted by molar-refractivity contribution is 5.47. The fourth-order valence-corrected chi connectivity index (χ4v) is 2.11. The van der Waals surface area contributed by atoms with Crippen molar-refractivity contribution >= 4 is 11.4 Å². The second kappa shape index (κ2) is 6.38. The number of hydrogen-bond acceptors (Lipinski definition) is 4. The molecule has 0 aliphatic rings. The average molecular weight is 278 g/mol. The van der Waals surface area contributed by atoms with E-state index in [9.17, 15) is 9.50 Å². The van der Waals surface area contributed by atoms with Crippen molar-refractivity contribution in [2.24, 2.45) is 0 Å². The molecular weight excluding hydrogens is 259 g/mol. The van der Waals surface area contributed by atoms with Crippen LogP contribution in [0.15, 0.2) is 36.7 Å². The van der Waals surface area contributed by atoms with Gasteiger partial charge in [0.1, 0.15) is 5.82 Å². The quantitative estimate of drug-likeness (QED) is 0.840. The van der Waals surface area contributed by atoms with Gasteiger partial charge in [-0.05, 0) is 19.1 Å². The summed E-state index contributed by atoms with van der Waals surface area (Å²) in [6.07, 6.45) is 2.53. The van der Waals surface area contributed by atoms with Crippen molar-refractivity contribution in [3.63, 3.8) is 0 Å². The predicted octanol–water partition coefficient (Wildman–Crippen LogP) is 1.49. The molecule has 1 aromatic heterocycles. The molecule has 0 amide bonds. The number of likely N-dealkylation sites (N-methyl/N-ethyl adjacent to an activating group) is 1. The van der Waals surface area contributed by atoms with Gasteiger partial charge in [-0.2, -0.15) is 5.10 Å². The van der Waals surface area contributed by atoms with Crippen LogP contribution in [0.4, 0.5) is 15.8 Å². The Morgan fingerprint density at radius 1 is 1.45 bits per heavy atom. The maximum Gasteiger partial charge on any atom is 0.146 e. The molecule has 0 spiro atoms. The first-order valence-electron chi connectivity index (χ1n) is 6.55. The molecule has 1 heterocycles. The number of hydrogen-bond donors (Lipinski definition) is 2. The molecule has 0 bridgehead atoms. The van der Waals surface area contributed by atoms with Gasteiger partial charge in [0.25, 0.3) is 0 Å². The maximum absolute atomic E-state index is 13.7. The van der Waals surface area contributed by atoms with Crippen LogP contribution in [-0.2, 0) is 6.54 Å². The molecule has 1 atom stereocenters. The molecule has 1 aromatic carbocycles. The molecule has 0 saturated carbocycles. The van der Waals surface area contributed by atoms with E-state index in [4.69, 9.17) is 5.73 Å². The van der Waals surface area contributed by atoms with Crippen molar-refractivity contribution < 1.29 is 9.50 Å². The molecule has 20 heavy (non-hydrogen) atoms. The Morgan fingerprint density at radius 2 is 2.20 bits per heavy atom. The highest BCUT2D eigenvalue weighted by Gasteiger charge is 2.14. The highest BCUT2D eigenvalue weighted by Crippen LogP contribution is 2.18. The number of aromatic nitrogens is 2. The van der Waals surface area contributed by atoms with Crippen molar-refractivity contribution in [1.82, 2.24) is 9.78 Å². The van der Waals surface area contributed by atoms with Gasteiger partial charge in [-0.3, -0.25) is 4.68 Å². The average Bonchev–Trinajstić information content (AvgIpc) is 2.82. The molecule has 5 nitrogen and oxygen atoms in total. The van der Waals surface area contributed by atoms with Gasteiger partial charge in [0.15, 0.2) is 0 Å². The highest BCUT2D eigenvalue weighted by atomic mass is 19.1. The van der Waals surface area contributed by atoms with E-state index < -0.39 is 6.10 Å². The Kier molecular flexibility index (Phi) is 4.57. The molecule has 2 rings (SSSR count). The number of halogens is 1. The number of nitrogens with zero attached hydrogens (tertiary/aromatic N) is 3. The van der Waals surface area contributed by atoms with E-state index in [0.717, 1.165) is 0 Å². The number of aliphatic hydroxyl groups is 1. The van der Waals surface area contributed by atoms with Crippen molar-refractivity contribution in [3.8, 4) is 0 Å². The second-order valence-corrected chi connectivity index (χ2v) is 4.64. The lowest BCUT2D eigenvalue weighted by atomic mass is 10.2. The van der Waals surface area contributed by atoms with E-state index in [1.54, 1.807) is 34.0 Å². The van der Waals surface area contributed by atoms with Crippen molar-refractivity contribution in [2.75, 3.05) is 23.7 Å². The lowest BCUT2D eigenvalue weighted by molar-refractivity contribution is 0.154. The summed E-state index contributed by atoms with van der Waals surface area (Å²) >= 11 is 0. The number of nitrogen functional groups attached to an aromatic ring is 1. The van der Waals surface area contributed by atoms with E-state index in [1.807, 2.05) is 6.92 Å². The number of aliphatic hydroxyl groups excluding tert-OH is 1. The SMILES string of the molecule is CCN(CC(O)Cn1cc(N)cn1)c1ccccc1F. The van der Waals surface area contributed by atoms with E-state index in [-0.39, 0.29) is 5.82 Å². The molecule has 0 aliphatic carbocycles. The summed E-state index contributed by atoms with van der Waals surface area (Å²) in [4.78, 5) is 1.80. The number of nitrogens with two attached hydrogens (primary N) is 1. The summed E-state index contributed by atoms with van der Waals surface area (Å²) in [5, 5.41) is 14.1. The van der Waals surface area contributed by atoms with E-state index >= 15 is 0 Å². The summed E-state index contributed by atoms with van der Waals surface area (Å²) < 4.78 is 15.3. The van der Waals surface area contributed by atoms with Crippen LogP contribution >= 0.6 is 0 Å². The first-order chi connectivity index (χ1) is 9.60. The van der Waals surface area contributed by atoms with Gasteiger partial charge in [-0.1, -0.05) is 12.1 Å². The first kappa shape index (κ1) is 14.3. The third-order valence-electron chi connectivity index (χ3n) is 3.06. The molecular formula is C14H19FN4O. The Morgan fingerprint density at radius 3 is 2.80 bits per heavy atom. The van der Waals surface area contributed by atoms with Crippen LogP contribution in [-0.4, -0.2) is 34.1 Å². The lowest BCUT2D eigenvalue weighted by Crippen LogP contribution is -2.35. The number of rotatable bonds is 6. The third kappa shape index (κ3) is 3.48. The monoisotopic (exact) mass is 278 g/mol. The van der Waals surface area contributed by atoms with Crippen LogP contribution < -0.4 is 10.6 Å². The van der Waals surface area contributed by atoms with Crippen LogP contribution in [0.2, 0.25) is 0 Å².